The maximum Gasteiger partial charge on any atom is 0.175 e. The molecule has 3 aromatic rings. The zero-order valence-electron chi connectivity index (χ0n) is 13.2. The van der Waals surface area contributed by atoms with Crippen molar-refractivity contribution in [1.29, 1.82) is 0 Å². The van der Waals surface area contributed by atoms with Crippen LogP contribution in [0.25, 0.3) is 22.4 Å². The minimum Gasteiger partial charge on any atom is -0.261 e. The molecule has 4 nitrogen and oxygen atoms in total. The first-order chi connectivity index (χ1) is 11.3. The fourth-order valence-electron chi connectivity index (χ4n) is 2.41. The van der Waals surface area contributed by atoms with Gasteiger partial charge in [-0.3, -0.25) is 9.97 Å². The molecule has 2 aromatic heterocycles. The molecule has 24 heavy (non-hydrogen) atoms. The van der Waals surface area contributed by atoms with Crippen LogP contribution in [-0.4, -0.2) is 24.6 Å². The molecule has 0 bridgehead atoms. The lowest BCUT2D eigenvalue weighted by Crippen LogP contribution is -1.98. The van der Waals surface area contributed by atoms with Gasteiger partial charge < -0.3 is 0 Å². The molecule has 0 spiro atoms. The number of pyridine rings is 2. The number of hydrogen-bond acceptors (Lipinski definition) is 4. The van der Waals surface area contributed by atoms with Gasteiger partial charge in [-0.25, -0.2) is 8.42 Å². The third-order valence-corrected chi connectivity index (χ3v) is 4.91. The molecule has 0 aliphatic heterocycles. The number of sulfone groups is 1. The number of nitrogens with zero attached hydrogens (tertiary/aromatic N) is 2. The first kappa shape index (κ1) is 16.6. The van der Waals surface area contributed by atoms with Gasteiger partial charge in [0.15, 0.2) is 9.84 Å². The summed E-state index contributed by atoms with van der Waals surface area (Å²) in [4.78, 5) is 8.93. The van der Waals surface area contributed by atoms with Gasteiger partial charge in [-0.1, -0.05) is 17.7 Å². The summed E-state index contributed by atoms with van der Waals surface area (Å²) in [5.41, 5.74) is 4.00. The van der Waals surface area contributed by atoms with Crippen LogP contribution in [0.1, 0.15) is 5.69 Å². The van der Waals surface area contributed by atoms with Crippen LogP contribution in [0.15, 0.2) is 59.8 Å². The van der Waals surface area contributed by atoms with E-state index in [9.17, 15) is 8.42 Å². The summed E-state index contributed by atoms with van der Waals surface area (Å²) in [6.45, 7) is 1.92. The Bertz CT molecular complexity index is 1000. The van der Waals surface area contributed by atoms with Crippen molar-refractivity contribution in [3.05, 3.63) is 65.6 Å². The largest absolute Gasteiger partial charge is 0.261 e. The summed E-state index contributed by atoms with van der Waals surface area (Å²) in [6, 6.07) is 12.3. The average molecular weight is 359 g/mol. The van der Waals surface area contributed by atoms with Gasteiger partial charge in [0.25, 0.3) is 0 Å². The highest BCUT2D eigenvalue weighted by atomic mass is 35.5. The maximum absolute atomic E-state index is 11.9. The van der Waals surface area contributed by atoms with E-state index in [1.807, 2.05) is 31.2 Å². The van der Waals surface area contributed by atoms with Crippen molar-refractivity contribution in [3.8, 4) is 22.4 Å². The maximum atomic E-state index is 11.9. The SMILES string of the molecule is Cc1ccc(-c2ncccc2-c2cc(Cl)cc(S(C)(=O)=O)c2)cn1. The highest BCUT2D eigenvalue weighted by Gasteiger charge is 2.14. The van der Waals surface area contributed by atoms with E-state index in [4.69, 9.17) is 11.6 Å². The van der Waals surface area contributed by atoms with Gasteiger partial charge in [0, 0.05) is 40.5 Å². The molecule has 6 heteroatoms. The fraction of sp³-hybridized carbons (Fsp3) is 0.111. The molecule has 0 fully saturated rings. The van der Waals surface area contributed by atoms with Crippen LogP contribution in [0.3, 0.4) is 0 Å². The quantitative estimate of drug-likeness (QED) is 0.704. The van der Waals surface area contributed by atoms with E-state index < -0.39 is 9.84 Å². The Labute approximate surface area is 146 Å². The predicted molar refractivity (Wildman–Crippen MR) is 95.8 cm³/mol. The van der Waals surface area contributed by atoms with Gasteiger partial charge in [0.2, 0.25) is 0 Å². The van der Waals surface area contributed by atoms with Crippen molar-refractivity contribution in [2.24, 2.45) is 0 Å². The smallest absolute Gasteiger partial charge is 0.175 e. The van der Waals surface area contributed by atoms with Gasteiger partial charge in [0.05, 0.1) is 10.6 Å². The zero-order chi connectivity index (χ0) is 17.3. The molecule has 3 rings (SSSR count). The van der Waals surface area contributed by atoms with Crippen LogP contribution >= 0.6 is 11.6 Å². The summed E-state index contributed by atoms with van der Waals surface area (Å²) in [5.74, 6) is 0. The highest BCUT2D eigenvalue weighted by Crippen LogP contribution is 2.33. The third kappa shape index (κ3) is 3.47. The minimum absolute atomic E-state index is 0.182. The topological polar surface area (TPSA) is 59.9 Å². The molecule has 0 aliphatic rings. The number of aryl methyl sites for hydroxylation is 1. The first-order valence-electron chi connectivity index (χ1n) is 7.24. The Morgan fingerprint density at radius 1 is 1.00 bits per heavy atom. The van der Waals surface area contributed by atoms with Crippen LogP contribution < -0.4 is 0 Å². The summed E-state index contributed by atoms with van der Waals surface area (Å²) in [5, 5.41) is 0.366. The number of rotatable bonds is 3. The minimum atomic E-state index is -3.36. The van der Waals surface area contributed by atoms with Crippen LogP contribution in [-0.2, 0) is 9.84 Å². The van der Waals surface area contributed by atoms with E-state index in [0.29, 0.717) is 10.6 Å². The standard InChI is InChI=1S/C18H15ClN2O2S/c1-12-5-6-13(11-21-12)18-17(4-3-7-20-18)14-8-15(19)10-16(9-14)24(2,22)23/h3-11H,1-2H3. The van der Waals surface area contributed by atoms with Crippen LogP contribution in [0.5, 0.6) is 0 Å². The van der Waals surface area contributed by atoms with Gasteiger partial charge in [-0.15, -0.1) is 0 Å². The van der Waals surface area contributed by atoms with Crippen LogP contribution in [0.2, 0.25) is 5.02 Å². The lowest BCUT2D eigenvalue weighted by Gasteiger charge is -2.11. The number of halogens is 1. The number of benzene rings is 1. The lowest BCUT2D eigenvalue weighted by atomic mass is 10.0. The summed E-state index contributed by atoms with van der Waals surface area (Å²) in [7, 11) is -3.36. The Hall–Kier alpha value is -2.24. The van der Waals surface area contributed by atoms with Gasteiger partial charge in [0.1, 0.15) is 0 Å². The molecule has 0 radical (unpaired) electrons. The Morgan fingerprint density at radius 2 is 1.79 bits per heavy atom. The van der Waals surface area contributed by atoms with Crippen LogP contribution in [0.4, 0.5) is 0 Å². The first-order valence-corrected chi connectivity index (χ1v) is 9.50. The molecule has 0 amide bonds. The second-order valence-electron chi connectivity index (χ2n) is 5.54. The van der Waals surface area contributed by atoms with E-state index >= 15 is 0 Å². The summed E-state index contributed by atoms with van der Waals surface area (Å²) >= 11 is 6.13. The molecular weight excluding hydrogens is 344 g/mol. The molecule has 0 unspecified atom stereocenters. The van der Waals surface area contributed by atoms with Gasteiger partial charge >= 0.3 is 0 Å². The molecule has 0 aliphatic carbocycles. The van der Waals surface area contributed by atoms with E-state index in [1.165, 1.54) is 6.07 Å². The van der Waals surface area contributed by atoms with E-state index in [-0.39, 0.29) is 4.90 Å². The molecular formula is C18H15ClN2O2S. The summed E-state index contributed by atoms with van der Waals surface area (Å²) in [6.07, 6.45) is 4.61. The van der Waals surface area contributed by atoms with E-state index in [1.54, 1.807) is 24.5 Å². The second-order valence-corrected chi connectivity index (χ2v) is 7.99. The number of hydrogen-bond donors (Lipinski definition) is 0. The Balaban J connectivity index is 2.21. The average Bonchev–Trinajstić information content (AvgIpc) is 2.54. The molecule has 0 saturated heterocycles. The third-order valence-electron chi connectivity index (χ3n) is 3.60. The summed E-state index contributed by atoms with van der Waals surface area (Å²) < 4.78 is 23.8. The molecule has 2 heterocycles. The number of aromatic nitrogens is 2. The van der Waals surface area contributed by atoms with E-state index in [2.05, 4.69) is 9.97 Å². The van der Waals surface area contributed by atoms with Crippen molar-refractivity contribution >= 4 is 21.4 Å². The van der Waals surface area contributed by atoms with Crippen LogP contribution in [0, 0.1) is 6.92 Å². The van der Waals surface area contributed by atoms with Gasteiger partial charge in [-0.2, -0.15) is 0 Å². The second kappa shape index (κ2) is 6.34. The monoisotopic (exact) mass is 358 g/mol. The zero-order valence-corrected chi connectivity index (χ0v) is 14.8. The predicted octanol–water partition coefficient (Wildman–Crippen LogP) is 4.18. The molecule has 0 N–H and O–H groups in total. The Kier molecular flexibility index (Phi) is 4.39. The molecule has 122 valence electrons. The van der Waals surface area contributed by atoms with Crippen molar-refractivity contribution in [2.45, 2.75) is 11.8 Å². The van der Waals surface area contributed by atoms with Gasteiger partial charge in [-0.05, 0) is 48.9 Å². The van der Waals surface area contributed by atoms with Crippen molar-refractivity contribution < 1.29 is 8.42 Å². The normalized spacial score (nSPS) is 11.5. The van der Waals surface area contributed by atoms with E-state index in [0.717, 1.165) is 28.8 Å². The Morgan fingerprint density at radius 3 is 2.46 bits per heavy atom. The van der Waals surface area contributed by atoms with Crippen molar-refractivity contribution in [1.82, 2.24) is 9.97 Å². The lowest BCUT2D eigenvalue weighted by molar-refractivity contribution is 0.602. The van der Waals surface area contributed by atoms with Crippen molar-refractivity contribution in [2.75, 3.05) is 6.26 Å². The highest BCUT2D eigenvalue weighted by molar-refractivity contribution is 7.90. The van der Waals surface area contributed by atoms with Crippen molar-refractivity contribution in [3.63, 3.8) is 0 Å². The molecule has 0 atom stereocenters. The fourth-order valence-corrected chi connectivity index (χ4v) is 3.39. The molecule has 1 aromatic carbocycles. The molecule has 0 saturated carbocycles.